The first-order valence-corrected chi connectivity index (χ1v) is 10.6. The summed E-state index contributed by atoms with van der Waals surface area (Å²) in [6.07, 6.45) is 6.23. The lowest BCUT2D eigenvalue weighted by Gasteiger charge is -2.26. The van der Waals surface area contributed by atoms with Gasteiger partial charge < -0.3 is 4.74 Å². The molecular formula is C27H28O2. The molecule has 0 unspecified atom stereocenters. The highest BCUT2D eigenvalue weighted by molar-refractivity contribution is 5.75. The fourth-order valence-electron chi connectivity index (χ4n) is 3.58. The Morgan fingerprint density at radius 1 is 0.828 bits per heavy atom. The van der Waals surface area contributed by atoms with Crippen molar-refractivity contribution in [3.05, 3.63) is 65.2 Å². The van der Waals surface area contributed by atoms with E-state index in [0.29, 0.717) is 5.75 Å². The molecule has 1 aliphatic carbocycles. The van der Waals surface area contributed by atoms with Crippen LogP contribution < -0.4 is 4.74 Å². The lowest BCUT2D eigenvalue weighted by molar-refractivity contribution is -0.140. The van der Waals surface area contributed by atoms with Crippen molar-refractivity contribution in [1.29, 1.82) is 0 Å². The molecule has 0 aliphatic heterocycles. The fourth-order valence-corrected chi connectivity index (χ4v) is 3.58. The second-order valence-corrected chi connectivity index (χ2v) is 7.55. The van der Waals surface area contributed by atoms with Gasteiger partial charge in [0.2, 0.25) is 0 Å². The van der Waals surface area contributed by atoms with Crippen LogP contribution in [0.3, 0.4) is 0 Å². The molecule has 3 rings (SSSR count). The van der Waals surface area contributed by atoms with Crippen LogP contribution in [0.25, 0.3) is 0 Å². The fraction of sp³-hybridized carbons (Fsp3) is 0.370. The van der Waals surface area contributed by atoms with E-state index in [4.69, 9.17) is 4.74 Å². The Hall–Kier alpha value is -2.97. The van der Waals surface area contributed by atoms with Gasteiger partial charge in [-0.3, -0.25) is 4.79 Å². The van der Waals surface area contributed by atoms with Crippen molar-refractivity contribution in [2.45, 2.75) is 52.4 Å². The third kappa shape index (κ3) is 6.27. The molecule has 1 saturated carbocycles. The maximum absolute atomic E-state index is 12.4. The van der Waals surface area contributed by atoms with E-state index in [1.807, 2.05) is 55.5 Å². The third-order valence-electron chi connectivity index (χ3n) is 5.48. The summed E-state index contributed by atoms with van der Waals surface area (Å²) < 4.78 is 5.59. The summed E-state index contributed by atoms with van der Waals surface area (Å²) in [5.41, 5.74) is 2.85. The van der Waals surface area contributed by atoms with E-state index in [9.17, 15) is 4.79 Å². The van der Waals surface area contributed by atoms with E-state index in [2.05, 4.69) is 30.6 Å². The van der Waals surface area contributed by atoms with E-state index in [1.165, 1.54) is 6.42 Å². The highest BCUT2D eigenvalue weighted by Gasteiger charge is 2.26. The Morgan fingerprint density at radius 2 is 1.34 bits per heavy atom. The van der Waals surface area contributed by atoms with Crippen molar-refractivity contribution >= 4 is 5.97 Å². The number of hydrogen-bond acceptors (Lipinski definition) is 2. The summed E-state index contributed by atoms with van der Waals surface area (Å²) in [7, 11) is 0. The largest absolute Gasteiger partial charge is 0.426 e. The Labute approximate surface area is 174 Å². The lowest BCUT2D eigenvalue weighted by Crippen LogP contribution is -2.25. The molecule has 2 aromatic carbocycles. The zero-order valence-electron chi connectivity index (χ0n) is 17.3. The molecule has 0 atom stereocenters. The third-order valence-corrected chi connectivity index (χ3v) is 5.48. The molecular weight excluding hydrogens is 356 g/mol. The molecule has 0 bridgehead atoms. The number of rotatable bonds is 3. The first kappa shape index (κ1) is 20.8. The minimum absolute atomic E-state index is 0.0438. The van der Waals surface area contributed by atoms with Gasteiger partial charge in [0.25, 0.3) is 0 Å². The number of carbonyl (C=O) groups excluding carboxylic acids is 1. The molecule has 0 N–H and O–H groups in total. The predicted molar refractivity (Wildman–Crippen MR) is 117 cm³/mol. The predicted octanol–water partition coefficient (Wildman–Crippen LogP) is 5.97. The molecule has 1 fully saturated rings. The summed E-state index contributed by atoms with van der Waals surface area (Å²) in [5, 5.41) is 0. The van der Waals surface area contributed by atoms with Gasteiger partial charge in [0.05, 0.1) is 5.92 Å². The molecule has 0 aromatic heterocycles. The average Bonchev–Trinajstić information content (AvgIpc) is 2.78. The van der Waals surface area contributed by atoms with Crippen LogP contribution in [-0.2, 0) is 4.79 Å². The van der Waals surface area contributed by atoms with E-state index in [1.54, 1.807) is 0 Å². The highest BCUT2D eigenvalue weighted by atomic mass is 16.5. The number of hydrogen-bond donors (Lipinski definition) is 0. The lowest BCUT2D eigenvalue weighted by atomic mass is 9.81. The van der Waals surface area contributed by atoms with Crippen molar-refractivity contribution in [2.75, 3.05) is 0 Å². The van der Waals surface area contributed by atoms with Gasteiger partial charge in [-0.1, -0.05) is 44.0 Å². The topological polar surface area (TPSA) is 26.3 Å². The normalized spacial score (nSPS) is 18.0. The van der Waals surface area contributed by atoms with Crippen molar-refractivity contribution < 1.29 is 9.53 Å². The number of benzene rings is 2. The van der Waals surface area contributed by atoms with Crippen molar-refractivity contribution in [2.24, 2.45) is 11.8 Å². The molecule has 0 heterocycles. The Bertz CT molecular complexity index is 923. The summed E-state index contributed by atoms with van der Waals surface area (Å²) in [6, 6.07) is 15.4. The van der Waals surface area contributed by atoms with Crippen LogP contribution in [0.1, 0.15) is 69.1 Å². The van der Waals surface area contributed by atoms with Crippen LogP contribution in [0.5, 0.6) is 5.75 Å². The van der Waals surface area contributed by atoms with Crippen molar-refractivity contribution in [3.8, 4) is 29.4 Å². The maximum Gasteiger partial charge on any atom is 0.314 e. The van der Waals surface area contributed by atoms with Gasteiger partial charge in [0.1, 0.15) is 5.75 Å². The summed E-state index contributed by atoms with van der Waals surface area (Å²) in [4.78, 5) is 12.4. The minimum atomic E-state index is -0.0929. The zero-order valence-corrected chi connectivity index (χ0v) is 17.3. The Morgan fingerprint density at radius 3 is 1.86 bits per heavy atom. The molecule has 148 valence electrons. The molecule has 29 heavy (non-hydrogen) atoms. The maximum atomic E-state index is 12.4. The molecule has 1 aliphatic rings. The summed E-state index contributed by atoms with van der Waals surface area (Å²) >= 11 is 0. The number of ether oxygens (including phenoxy) is 1. The first-order chi connectivity index (χ1) is 14.2. The molecule has 0 saturated heterocycles. The van der Waals surface area contributed by atoms with Crippen LogP contribution in [0.15, 0.2) is 48.5 Å². The molecule has 0 spiro atoms. The monoisotopic (exact) mass is 384 g/mol. The zero-order chi connectivity index (χ0) is 20.5. The van der Waals surface area contributed by atoms with E-state index < -0.39 is 0 Å². The van der Waals surface area contributed by atoms with E-state index in [-0.39, 0.29) is 11.9 Å². The van der Waals surface area contributed by atoms with E-state index >= 15 is 0 Å². The second-order valence-electron chi connectivity index (χ2n) is 7.55. The molecule has 2 nitrogen and oxygen atoms in total. The second kappa shape index (κ2) is 10.5. The number of esters is 1. The quantitative estimate of drug-likeness (QED) is 0.370. The molecule has 0 amide bonds. The summed E-state index contributed by atoms with van der Waals surface area (Å²) in [6.45, 7) is 4.27. The molecule has 2 aromatic rings. The van der Waals surface area contributed by atoms with Crippen LogP contribution >= 0.6 is 0 Å². The first-order valence-electron chi connectivity index (χ1n) is 10.6. The standard InChI is InChI=1S/C27H28O2/c1-3-5-6-22-7-9-23(10-8-22)11-12-24-15-19-26(20-16-24)29-27(28)25-17-13-21(4-2)14-18-25/h7-10,15-16,19-21,25H,3-4,13-14,17-18H2,1-2H3/t21-,25-. The Kier molecular flexibility index (Phi) is 7.54. The van der Waals surface area contributed by atoms with Crippen LogP contribution in [0.4, 0.5) is 0 Å². The average molecular weight is 385 g/mol. The van der Waals surface area contributed by atoms with Crippen molar-refractivity contribution in [1.82, 2.24) is 0 Å². The molecule has 0 radical (unpaired) electrons. The summed E-state index contributed by atoms with van der Waals surface area (Å²) in [5.74, 6) is 13.8. The van der Waals surface area contributed by atoms with Gasteiger partial charge in [-0.05, 0) is 80.1 Å². The highest BCUT2D eigenvalue weighted by Crippen LogP contribution is 2.31. The Balaban J connectivity index is 1.55. The van der Waals surface area contributed by atoms with Gasteiger partial charge in [0, 0.05) is 23.1 Å². The van der Waals surface area contributed by atoms with Gasteiger partial charge in [0.15, 0.2) is 0 Å². The van der Waals surface area contributed by atoms with Crippen LogP contribution in [-0.4, -0.2) is 5.97 Å². The SMILES string of the molecule is CCC#Cc1ccc(C#Cc2ccc(OC(=O)[C@H]3CC[C@H](CC)CC3)cc2)cc1. The number of carbonyl (C=O) groups is 1. The van der Waals surface area contributed by atoms with Gasteiger partial charge in [-0.2, -0.15) is 0 Å². The molecule has 2 heteroatoms. The smallest absolute Gasteiger partial charge is 0.314 e. The van der Waals surface area contributed by atoms with Crippen molar-refractivity contribution in [3.63, 3.8) is 0 Å². The minimum Gasteiger partial charge on any atom is -0.426 e. The van der Waals surface area contributed by atoms with Gasteiger partial charge in [-0.15, -0.1) is 0 Å². The van der Waals surface area contributed by atoms with Crippen LogP contribution in [0, 0.1) is 35.5 Å². The van der Waals surface area contributed by atoms with Crippen LogP contribution in [0.2, 0.25) is 0 Å². The van der Waals surface area contributed by atoms with Gasteiger partial charge >= 0.3 is 5.97 Å². The van der Waals surface area contributed by atoms with E-state index in [0.717, 1.165) is 54.7 Å². The van der Waals surface area contributed by atoms with Gasteiger partial charge in [-0.25, -0.2) is 0 Å².